The molecule has 0 spiro atoms. The summed E-state index contributed by atoms with van der Waals surface area (Å²) in [4.78, 5) is 14.4. The van der Waals surface area contributed by atoms with Gasteiger partial charge in [0.1, 0.15) is 11.6 Å². The third-order valence-electron chi connectivity index (χ3n) is 4.15. The molecule has 24 heavy (non-hydrogen) atoms. The van der Waals surface area contributed by atoms with Crippen molar-refractivity contribution in [2.45, 2.75) is 13.0 Å². The van der Waals surface area contributed by atoms with Gasteiger partial charge >= 0.3 is 0 Å². The first-order valence-electron chi connectivity index (χ1n) is 8.08. The molecule has 1 atom stereocenters. The summed E-state index contributed by atoms with van der Waals surface area (Å²) in [5.74, 6) is 0.301. The van der Waals surface area contributed by atoms with Gasteiger partial charge < -0.3 is 15.0 Å². The van der Waals surface area contributed by atoms with Crippen LogP contribution in [-0.2, 0) is 4.79 Å². The van der Waals surface area contributed by atoms with Crippen molar-refractivity contribution in [3.63, 3.8) is 0 Å². The molecule has 1 fully saturated rings. The lowest BCUT2D eigenvalue weighted by molar-refractivity contribution is -0.136. The first-order valence-corrected chi connectivity index (χ1v) is 8.08. The topological polar surface area (TPSA) is 41.6 Å². The molecular formula is C19H21FN2O2. The molecule has 0 saturated carbocycles. The van der Waals surface area contributed by atoms with E-state index in [4.69, 9.17) is 4.74 Å². The molecule has 0 aliphatic carbocycles. The van der Waals surface area contributed by atoms with Crippen LogP contribution in [0.15, 0.2) is 48.5 Å². The van der Waals surface area contributed by atoms with E-state index >= 15 is 0 Å². The molecule has 126 valence electrons. The van der Waals surface area contributed by atoms with Gasteiger partial charge in [-0.25, -0.2) is 4.39 Å². The number of halogens is 1. The first-order chi connectivity index (χ1) is 11.6. The number of hydrogen-bond donors (Lipinski definition) is 1. The van der Waals surface area contributed by atoms with Crippen LogP contribution in [0.4, 0.5) is 4.39 Å². The summed E-state index contributed by atoms with van der Waals surface area (Å²) in [6, 6.07) is 13.8. The molecule has 1 aliphatic rings. The second-order valence-electron chi connectivity index (χ2n) is 5.97. The number of ether oxygens (including phenoxy) is 1. The highest BCUT2D eigenvalue weighted by Gasteiger charge is 2.28. The molecular weight excluding hydrogens is 307 g/mol. The molecule has 1 amide bonds. The quantitative estimate of drug-likeness (QED) is 0.938. The Kier molecular flexibility index (Phi) is 5.11. The number of carbonyl (C=O) groups excluding carboxylic acids is 1. The molecule has 1 saturated heterocycles. The van der Waals surface area contributed by atoms with Crippen LogP contribution in [0.3, 0.4) is 0 Å². The van der Waals surface area contributed by atoms with Crippen molar-refractivity contribution in [2.75, 3.05) is 26.2 Å². The summed E-state index contributed by atoms with van der Waals surface area (Å²) in [6.07, 6.45) is 0. The van der Waals surface area contributed by atoms with Crippen molar-refractivity contribution in [1.29, 1.82) is 0 Å². The van der Waals surface area contributed by atoms with Crippen molar-refractivity contribution < 1.29 is 13.9 Å². The minimum absolute atomic E-state index is 0.0186. The summed E-state index contributed by atoms with van der Waals surface area (Å²) in [7, 11) is 0. The summed E-state index contributed by atoms with van der Waals surface area (Å²) in [5.41, 5.74) is 1.88. The van der Waals surface area contributed by atoms with Gasteiger partial charge in [0.25, 0.3) is 5.91 Å². The molecule has 0 radical (unpaired) electrons. The highest BCUT2D eigenvalue weighted by atomic mass is 19.1. The number of aryl methyl sites for hydroxylation is 1. The maximum absolute atomic E-state index is 13.5. The zero-order valence-corrected chi connectivity index (χ0v) is 13.7. The molecule has 1 aliphatic heterocycles. The van der Waals surface area contributed by atoms with E-state index < -0.39 is 0 Å². The van der Waals surface area contributed by atoms with Crippen LogP contribution in [-0.4, -0.2) is 37.0 Å². The van der Waals surface area contributed by atoms with Gasteiger partial charge in [0.15, 0.2) is 6.61 Å². The summed E-state index contributed by atoms with van der Waals surface area (Å²) < 4.78 is 19.1. The van der Waals surface area contributed by atoms with Gasteiger partial charge in [0.05, 0.1) is 6.04 Å². The van der Waals surface area contributed by atoms with Crippen molar-refractivity contribution >= 4 is 5.91 Å². The third-order valence-corrected chi connectivity index (χ3v) is 4.15. The Morgan fingerprint density at radius 2 is 2.12 bits per heavy atom. The van der Waals surface area contributed by atoms with E-state index in [-0.39, 0.29) is 24.4 Å². The highest BCUT2D eigenvalue weighted by molar-refractivity contribution is 5.78. The van der Waals surface area contributed by atoms with Crippen molar-refractivity contribution in [2.24, 2.45) is 0 Å². The standard InChI is InChI=1S/C19H21FN2O2/c1-14-4-2-7-17(10-14)24-13-19(23)22-9-8-21-12-18(22)15-5-3-6-16(20)11-15/h2-7,10-11,18,21H,8-9,12-13H2,1H3. The van der Waals surface area contributed by atoms with Crippen LogP contribution in [0.25, 0.3) is 0 Å². The van der Waals surface area contributed by atoms with Gasteiger partial charge in [-0.2, -0.15) is 0 Å². The maximum Gasteiger partial charge on any atom is 0.261 e. The predicted octanol–water partition coefficient (Wildman–Crippen LogP) is 2.69. The maximum atomic E-state index is 13.5. The summed E-state index contributed by atoms with van der Waals surface area (Å²) in [6.45, 7) is 3.87. The van der Waals surface area contributed by atoms with E-state index in [1.165, 1.54) is 12.1 Å². The van der Waals surface area contributed by atoms with Gasteiger partial charge in [-0.05, 0) is 42.3 Å². The van der Waals surface area contributed by atoms with E-state index in [0.717, 1.165) is 17.7 Å². The fourth-order valence-corrected chi connectivity index (χ4v) is 2.95. The Hall–Kier alpha value is -2.40. The molecule has 0 bridgehead atoms. The number of piperazine rings is 1. The van der Waals surface area contributed by atoms with Crippen molar-refractivity contribution in [3.05, 3.63) is 65.5 Å². The number of amides is 1. The monoisotopic (exact) mass is 328 g/mol. The lowest BCUT2D eigenvalue weighted by atomic mass is 10.0. The van der Waals surface area contributed by atoms with Crippen LogP contribution in [0.1, 0.15) is 17.2 Å². The van der Waals surface area contributed by atoms with Crippen LogP contribution < -0.4 is 10.1 Å². The third kappa shape index (κ3) is 3.92. The fraction of sp³-hybridized carbons (Fsp3) is 0.316. The van der Waals surface area contributed by atoms with Crippen molar-refractivity contribution in [3.8, 4) is 5.75 Å². The zero-order valence-electron chi connectivity index (χ0n) is 13.7. The molecule has 4 nitrogen and oxygen atoms in total. The SMILES string of the molecule is Cc1cccc(OCC(=O)N2CCNCC2c2cccc(F)c2)c1. The number of hydrogen-bond acceptors (Lipinski definition) is 3. The fourth-order valence-electron chi connectivity index (χ4n) is 2.95. The molecule has 2 aromatic carbocycles. The molecule has 5 heteroatoms. The number of nitrogens with one attached hydrogen (secondary N) is 1. The minimum Gasteiger partial charge on any atom is -0.484 e. The molecule has 2 aromatic rings. The second-order valence-corrected chi connectivity index (χ2v) is 5.97. The first kappa shape index (κ1) is 16.5. The van der Waals surface area contributed by atoms with Gasteiger partial charge in [-0.3, -0.25) is 4.79 Å². The molecule has 1 heterocycles. The Bertz CT molecular complexity index is 720. The van der Waals surface area contributed by atoms with Crippen LogP contribution in [0.5, 0.6) is 5.75 Å². The smallest absolute Gasteiger partial charge is 0.261 e. The summed E-state index contributed by atoms with van der Waals surface area (Å²) >= 11 is 0. The van der Waals surface area contributed by atoms with Gasteiger partial charge in [-0.1, -0.05) is 24.3 Å². The normalized spacial score (nSPS) is 17.6. The molecule has 3 rings (SSSR count). The zero-order chi connectivity index (χ0) is 16.9. The average Bonchev–Trinajstić information content (AvgIpc) is 2.60. The van der Waals surface area contributed by atoms with E-state index in [9.17, 15) is 9.18 Å². The average molecular weight is 328 g/mol. The largest absolute Gasteiger partial charge is 0.484 e. The molecule has 0 aromatic heterocycles. The van der Waals surface area contributed by atoms with Crippen LogP contribution >= 0.6 is 0 Å². The Morgan fingerprint density at radius 1 is 1.29 bits per heavy atom. The van der Waals surface area contributed by atoms with Crippen LogP contribution in [0, 0.1) is 12.7 Å². The lowest BCUT2D eigenvalue weighted by Crippen LogP contribution is -2.50. The molecule has 1 N–H and O–H groups in total. The minimum atomic E-state index is -0.290. The number of nitrogens with zero attached hydrogens (tertiary/aromatic N) is 1. The van der Waals surface area contributed by atoms with E-state index in [2.05, 4.69) is 5.32 Å². The van der Waals surface area contributed by atoms with E-state index in [1.807, 2.05) is 37.3 Å². The van der Waals surface area contributed by atoms with E-state index in [1.54, 1.807) is 11.0 Å². The Balaban J connectivity index is 1.69. The number of carbonyl (C=O) groups is 1. The Morgan fingerprint density at radius 3 is 2.92 bits per heavy atom. The van der Waals surface area contributed by atoms with Gasteiger partial charge in [-0.15, -0.1) is 0 Å². The molecule has 1 unspecified atom stereocenters. The highest BCUT2D eigenvalue weighted by Crippen LogP contribution is 2.23. The lowest BCUT2D eigenvalue weighted by Gasteiger charge is -2.36. The van der Waals surface area contributed by atoms with Gasteiger partial charge in [0, 0.05) is 19.6 Å². The van der Waals surface area contributed by atoms with Gasteiger partial charge in [0.2, 0.25) is 0 Å². The van der Waals surface area contributed by atoms with E-state index in [0.29, 0.717) is 18.8 Å². The predicted molar refractivity (Wildman–Crippen MR) is 90.4 cm³/mol. The Labute approximate surface area is 141 Å². The second kappa shape index (κ2) is 7.45. The van der Waals surface area contributed by atoms with Crippen molar-refractivity contribution in [1.82, 2.24) is 10.2 Å². The number of rotatable bonds is 4. The summed E-state index contributed by atoms with van der Waals surface area (Å²) in [5, 5.41) is 3.26. The number of benzene rings is 2. The van der Waals surface area contributed by atoms with Crippen LogP contribution in [0.2, 0.25) is 0 Å².